The molecular weight excluding hydrogens is 362 g/mol. The van der Waals surface area contributed by atoms with Gasteiger partial charge in [-0.05, 0) is 35.0 Å². The third-order valence-electron chi connectivity index (χ3n) is 5.00. The van der Waals surface area contributed by atoms with Crippen molar-refractivity contribution in [3.05, 3.63) is 108 Å². The SMILES string of the molecule is COc1ccccc1[C@H](NC(=O)c1ccccc1)c1c(O)ccc2ccccc12. The van der Waals surface area contributed by atoms with E-state index in [1.165, 1.54) is 0 Å². The molecule has 0 bridgehead atoms. The predicted molar refractivity (Wildman–Crippen MR) is 114 cm³/mol. The van der Waals surface area contributed by atoms with E-state index in [9.17, 15) is 9.90 Å². The zero-order valence-electron chi connectivity index (χ0n) is 16.0. The Morgan fingerprint density at radius 1 is 0.862 bits per heavy atom. The van der Waals surface area contributed by atoms with Gasteiger partial charge in [0, 0.05) is 16.7 Å². The van der Waals surface area contributed by atoms with Crippen LogP contribution in [-0.4, -0.2) is 18.1 Å². The second kappa shape index (κ2) is 8.07. The van der Waals surface area contributed by atoms with Gasteiger partial charge in [0.1, 0.15) is 11.5 Å². The number of methoxy groups -OCH3 is 1. The highest BCUT2D eigenvalue weighted by atomic mass is 16.5. The summed E-state index contributed by atoms with van der Waals surface area (Å²) in [5.41, 5.74) is 1.95. The number of fused-ring (bicyclic) bond motifs is 1. The first-order chi connectivity index (χ1) is 14.2. The summed E-state index contributed by atoms with van der Waals surface area (Å²) in [5.74, 6) is 0.528. The molecule has 0 fully saturated rings. The molecule has 0 saturated carbocycles. The van der Waals surface area contributed by atoms with Crippen LogP contribution in [0.5, 0.6) is 11.5 Å². The topological polar surface area (TPSA) is 58.6 Å². The van der Waals surface area contributed by atoms with Crippen molar-refractivity contribution in [2.24, 2.45) is 0 Å². The molecule has 1 atom stereocenters. The van der Waals surface area contributed by atoms with Gasteiger partial charge in [-0.1, -0.05) is 66.7 Å². The van der Waals surface area contributed by atoms with Gasteiger partial charge in [-0.25, -0.2) is 0 Å². The van der Waals surface area contributed by atoms with E-state index in [1.54, 1.807) is 25.3 Å². The Bertz CT molecular complexity index is 1160. The lowest BCUT2D eigenvalue weighted by Gasteiger charge is -2.24. The summed E-state index contributed by atoms with van der Waals surface area (Å²) in [5, 5.41) is 15.7. The van der Waals surface area contributed by atoms with Crippen molar-refractivity contribution >= 4 is 16.7 Å². The zero-order chi connectivity index (χ0) is 20.2. The van der Waals surface area contributed by atoms with Gasteiger partial charge in [0.2, 0.25) is 0 Å². The standard InChI is InChI=1S/C25H21NO3/c1-29-22-14-8-7-13-20(22)24(26-25(28)18-10-3-2-4-11-18)23-19-12-6-5-9-17(19)15-16-21(23)27/h2-16,24,27H,1H3,(H,26,28)/t24-/m0/s1. The van der Waals surface area contributed by atoms with Gasteiger partial charge >= 0.3 is 0 Å². The average molecular weight is 383 g/mol. The Morgan fingerprint density at radius 3 is 2.34 bits per heavy atom. The number of nitrogens with one attached hydrogen (secondary N) is 1. The van der Waals surface area contributed by atoms with E-state index >= 15 is 0 Å². The Labute approximate surface area is 169 Å². The van der Waals surface area contributed by atoms with Gasteiger partial charge in [0.25, 0.3) is 5.91 Å². The van der Waals surface area contributed by atoms with Crippen LogP contribution < -0.4 is 10.1 Å². The molecule has 0 radical (unpaired) electrons. The summed E-state index contributed by atoms with van der Waals surface area (Å²) in [7, 11) is 1.60. The Kier molecular flexibility index (Phi) is 5.16. The van der Waals surface area contributed by atoms with Crippen molar-refractivity contribution < 1.29 is 14.6 Å². The maximum Gasteiger partial charge on any atom is 0.252 e. The van der Waals surface area contributed by atoms with Crippen LogP contribution in [0.25, 0.3) is 10.8 Å². The summed E-state index contributed by atoms with van der Waals surface area (Å²) in [6.07, 6.45) is 0. The molecule has 4 aromatic rings. The van der Waals surface area contributed by atoms with Crippen LogP contribution in [0.2, 0.25) is 0 Å². The van der Waals surface area contributed by atoms with E-state index in [2.05, 4.69) is 5.32 Å². The van der Waals surface area contributed by atoms with Gasteiger partial charge in [0.05, 0.1) is 13.2 Å². The third kappa shape index (κ3) is 3.65. The number of rotatable bonds is 5. The van der Waals surface area contributed by atoms with Crippen LogP contribution in [0.3, 0.4) is 0 Å². The van der Waals surface area contributed by atoms with E-state index in [0.717, 1.165) is 16.3 Å². The fraction of sp³-hybridized carbons (Fsp3) is 0.0800. The van der Waals surface area contributed by atoms with Gasteiger partial charge in [-0.2, -0.15) is 0 Å². The average Bonchev–Trinajstić information content (AvgIpc) is 2.78. The molecule has 0 heterocycles. The molecule has 0 unspecified atom stereocenters. The number of benzene rings is 4. The van der Waals surface area contributed by atoms with Crippen LogP contribution in [0.1, 0.15) is 27.5 Å². The summed E-state index contributed by atoms with van der Waals surface area (Å²) >= 11 is 0. The van der Waals surface area contributed by atoms with Gasteiger partial charge < -0.3 is 15.2 Å². The minimum Gasteiger partial charge on any atom is -0.508 e. The van der Waals surface area contributed by atoms with Crippen LogP contribution in [0.4, 0.5) is 0 Å². The quantitative estimate of drug-likeness (QED) is 0.506. The fourth-order valence-electron chi connectivity index (χ4n) is 3.60. The molecule has 0 aliphatic heterocycles. The number of hydrogen-bond acceptors (Lipinski definition) is 3. The zero-order valence-corrected chi connectivity index (χ0v) is 16.0. The molecule has 4 rings (SSSR count). The number of carbonyl (C=O) groups is 1. The number of carbonyl (C=O) groups excluding carboxylic acids is 1. The summed E-state index contributed by atoms with van der Waals surface area (Å²) in [6.45, 7) is 0. The number of hydrogen-bond donors (Lipinski definition) is 2. The van der Waals surface area contributed by atoms with Crippen molar-refractivity contribution in [2.45, 2.75) is 6.04 Å². The monoisotopic (exact) mass is 383 g/mol. The van der Waals surface area contributed by atoms with E-state index in [-0.39, 0.29) is 11.7 Å². The molecule has 4 aromatic carbocycles. The Hall–Kier alpha value is -3.79. The number of aromatic hydroxyl groups is 1. The Balaban J connectivity index is 1.90. The molecule has 2 N–H and O–H groups in total. The second-order valence-electron chi connectivity index (χ2n) is 6.73. The molecule has 0 aliphatic rings. The van der Waals surface area contributed by atoms with Crippen molar-refractivity contribution in [1.29, 1.82) is 0 Å². The van der Waals surface area contributed by atoms with Crippen molar-refractivity contribution in [2.75, 3.05) is 7.11 Å². The molecular formula is C25H21NO3. The first-order valence-electron chi connectivity index (χ1n) is 9.38. The maximum atomic E-state index is 13.0. The molecule has 144 valence electrons. The summed E-state index contributed by atoms with van der Waals surface area (Å²) in [4.78, 5) is 13.0. The molecule has 1 amide bonds. The maximum absolute atomic E-state index is 13.0. The number of amides is 1. The van der Waals surface area contributed by atoms with E-state index in [1.807, 2.05) is 72.8 Å². The van der Waals surface area contributed by atoms with E-state index in [0.29, 0.717) is 16.9 Å². The molecule has 29 heavy (non-hydrogen) atoms. The van der Waals surface area contributed by atoms with Gasteiger partial charge in [-0.3, -0.25) is 4.79 Å². The van der Waals surface area contributed by atoms with Crippen LogP contribution in [-0.2, 0) is 0 Å². The minimum absolute atomic E-state index is 0.118. The van der Waals surface area contributed by atoms with Crippen LogP contribution >= 0.6 is 0 Å². The predicted octanol–water partition coefficient (Wildman–Crippen LogP) is 5.07. The third-order valence-corrected chi connectivity index (χ3v) is 5.00. The largest absolute Gasteiger partial charge is 0.508 e. The van der Waals surface area contributed by atoms with E-state index in [4.69, 9.17) is 4.74 Å². The number of phenols is 1. The highest BCUT2D eigenvalue weighted by Crippen LogP contribution is 2.38. The number of para-hydroxylation sites is 1. The smallest absolute Gasteiger partial charge is 0.252 e. The number of ether oxygens (including phenoxy) is 1. The highest BCUT2D eigenvalue weighted by molar-refractivity contribution is 5.96. The summed E-state index contributed by atoms with van der Waals surface area (Å²) < 4.78 is 5.55. The second-order valence-corrected chi connectivity index (χ2v) is 6.73. The van der Waals surface area contributed by atoms with Crippen molar-refractivity contribution in [3.8, 4) is 11.5 Å². The van der Waals surface area contributed by atoms with Crippen molar-refractivity contribution in [3.63, 3.8) is 0 Å². The lowest BCUT2D eigenvalue weighted by atomic mass is 9.92. The molecule has 4 nitrogen and oxygen atoms in total. The summed E-state index contributed by atoms with van der Waals surface area (Å²) in [6, 6.07) is 27.3. The first-order valence-corrected chi connectivity index (χ1v) is 9.38. The van der Waals surface area contributed by atoms with Crippen LogP contribution in [0, 0.1) is 0 Å². The lowest BCUT2D eigenvalue weighted by Crippen LogP contribution is -2.29. The van der Waals surface area contributed by atoms with E-state index < -0.39 is 6.04 Å². The van der Waals surface area contributed by atoms with Crippen LogP contribution in [0.15, 0.2) is 91.0 Å². The highest BCUT2D eigenvalue weighted by Gasteiger charge is 2.25. The van der Waals surface area contributed by atoms with Crippen molar-refractivity contribution in [1.82, 2.24) is 5.32 Å². The lowest BCUT2D eigenvalue weighted by molar-refractivity contribution is 0.0942. The Morgan fingerprint density at radius 2 is 1.55 bits per heavy atom. The molecule has 0 saturated heterocycles. The molecule has 0 spiro atoms. The first kappa shape index (κ1) is 18.6. The number of phenolic OH excluding ortho intramolecular Hbond substituents is 1. The molecule has 0 aromatic heterocycles. The molecule has 4 heteroatoms. The molecule has 0 aliphatic carbocycles. The fourth-order valence-corrected chi connectivity index (χ4v) is 3.60. The van der Waals surface area contributed by atoms with Gasteiger partial charge in [-0.15, -0.1) is 0 Å². The normalized spacial score (nSPS) is 11.8. The van der Waals surface area contributed by atoms with Gasteiger partial charge in [0.15, 0.2) is 0 Å². The minimum atomic E-state index is -0.593.